The summed E-state index contributed by atoms with van der Waals surface area (Å²) in [6.45, 7) is 5.61. The van der Waals surface area contributed by atoms with Gasteiger partial charge in [-0.3, -0.25) is 4.79 Å². The molecule has 3 heterocycles. The van der Waals surface area contributed by atoms with Crippen LogP contribution in [0.2, 0.25) is 0 Å². The average Bonchev–Trinajstić information content (AvgIpc) is 3.53. The molecule has 2 aliphatic heterocycles. The predicted molar refractivity (Wildman–Crippen MR) is 133 cm³/mol. The van der Waals surface area contributed by atoms with E-state index in [-0.39, 0.29) is 19.0 Å². The molecular formula is C24H37F2N7O3. The van der Waals surface area contributed by atoms with Crippen molar-refractivity contribution in [1.29, 1.82) is 0 Å². The minimum atomic E-state index is -2.69. The van der Waals surface area contributed by atoms with Crippen molar-refractivity contribution in [3.05, 3.63) is 29.2 Å². The van der Waals surface area contributed by atoms with Crippen molar-refractivity contribution in [2.24, 2.45) is 17.5 Å². The van der Waals surface area contributed by atoms with Gasteiger partial charge in [-0.25, -0.2) is 24.4 Å². The molecule has 2 amide bonds. The average molecular weight is 510 g/mol. The van der Waals surface area contributed by atoms with Crippen molar-refractivity contribution >= 4 is 23.4 Å². The van der Waals surface area contributed by atoms with E-state index < -0.39 is 11.9 Å². The number of rotatable bonds is 7. The second-order valence-electron chi connectivity index (χ2n) is 9.77. The van der Waals surface area contributed by atoms with Crippen LogP contribution in [0.5, 0.6) is 0 Å². The molecule has 1 aromatic rings. The topological polar surface area (TPSA) is 132 Å². The molecule has 2 saturated heterocycles. The quantitative estimate of drug-likeness (QED) is 0.377. The molecule has 12 heteroatoms. The molecule has 0 radical (unpaired) electrons. The van der Waals surface area contributed by atoms with E-state index in [1.54, 1.807) is 35.9 Å². The Balaban J connectivity index is 0.000000840. The Morgan fingerprint density at radius 2 is 1.89 bits per heavy atom. The fourth-order valence-corrected chi connectivity index (χ4v) is 4.49. The number of aromatic nitrogens is 1. The number of hydrogen-bond donors (Lipinski definition) is 3. The van der Waals surface area contributed by atoms with Crippen LogP contribution in [-0.2, 0) is 4.79 Å². The number of urea groups is 1. The number of amides is 2. The highest BCUT2D eigenvalue weighted by Gasteiger charge is 2.36. The van der Waals surface area contributed by atoms with Crippen LogP contribution >= 0.6 is 0 Å². The smallest absolute Gasteiger partial charge is 0.320 e. The van der Waals surface area contributed by atoms with Crippen molar-refractivity contribution in [2.75, 3.05) is 51.2 Å². The lowest BCUT2D eigenvalue weighted by molar-refractivity contribution is -0.134. The number of carbonyl (C=O) groups excluding carboxylic acids is 1. The highest BCUT2D eigenvalue weighted by Crippen LogP contribution is 2.32. The number of nitrogens with two attached hydrogens (primary N) is 2. The van der Waals surface area contributed by atoms with E-state index in [0.717, 1.165) is 13.5 Å². The maximum Gasteiger partial charge on any atom is 0.320 e. The van der Waals surface area contributed by atoms with E-state index in [1.807, 2.05) is 4.90 Å². The van der Waals surface area contributed by atoms with Gasteiger partial charge in [-0.2, -0.15) is 0 Å². The number of hydrogen-bond acceptors (Lipinski definition) is 7. The number of aliphatic carboxylic acids is 1. The molecule has 3 aliphatic rings. The molecule has 4 rings (SSSR count). The molecule has 0 bridgehead atoms. The van der Waals surface area contributed by atoms with Crippen molar-refractivity contribution in [3.63, 3.8) is 0 Å². The normalized spacial score (nSPS) is 20.1. The van der Waals surface area contributed by atoms with Crippen LogP contribution in [0.4, 0.5) is 19.3 Å². The molecule has 200 valence electrons. The van der Waals surface area contributed by atoms with Gasteiger partial charge in [-0.1, -0.05) is 0 Å². The second-order valence-corrected chi connectivity index (χ2v) is 9.77. The molecule has 10 nitrogen and oxygen atoms in total. The first-order valence-corrected chi connectivity index (χ1v) is 12.2. The Labute approximate surface area is 210 Å². The van der Waals surface area contributed by atoms with Gasteiger partial charge in [0.1, 0.15) is 0 Å². The molecule has 1 aromatic heterocycles. The number of carboxylic acids is 1. The number of anilines is 1. The molecule has 1 aliphatic carbocycles. The van der Waals surface area contributed by atoms with Crippen LogP contribution in [0.25, 0.3) is 5.70 Å². The molecule has 0 aromatic carbocycles. The van der Waals surface area contributed by atoms with E-state index in [4.69, 9.17) is 21.5 Å². The standard InChI is InChI=1S/C22H33F2N7O.C2H4O2/c1-15-18(31-9-3-8-22(23,24)14-31)7-6-17(27-15)20(25)19(28(2)26)13-30-11-10-29(21(30)32)12-16-4-5-16;1-2(3)4/h6-7,16H,3-5,8-14,25-26H2,1-2H3;1H3,(H,3,4)/b20-19-;. The van der Waals surface area contributed by atoms with Gasteiger partial charge < -0.3 is 30.5 Å². The maximum atomic E-state index is 13.9. The lowest BCUT2D eigenvalue weighted by Crippen LogP contribution is -2.43. The van der Waals surface area contributed by atoms with Crippen LogP contribution in [0.15, 0.2) is 17.8 Å². The fraction of sp³-hybridized carbons (Fsp3) is 0.625. The SMILES string of the molecule is CC(=O)O.Cc1nc(/C(N)=C(\CN2CCN(CC3CC3)C2=O)N(C)N)ccc1N1CCCC(F)(F)C1. The van der Waals surface area contributed by atoms with Gasteiger partial charge in [-0.15, -0.1) is 0 Å². The highest BCUT2D eigenvalue weighted by atomic mass is 19.3. The summed E-state index contributed by atoms with van der Waals surface area (Å²) in [6.07, 6.45) is 2.76. The number of aryl methyl sites for hydroxylation is 1. The number of alkyl halides is 2. The third-order valence-corrected chi connectivity index (χ3v) is 6.50. The number of halogens is 2. The molecule has 3 fully saturated rings. The van der Waals surface area contributed by atoms with Crippen molar-refractivity contribution < 1.29 is 23.5 Å². The Morgan fingerprint density at radius 3 is 2.44 bits per heavy atom. The van der Waals surface area contributed by atoms with E-state index >= 15 is 0 Å². The zero-order chi connectivity index (χ0) is 26.6. The van der Waals surface area contributed by atoms with Gasteiger partial charge in [-0.05, 0) is 44.2 Å². The highest BCUT2D eigenvalue weighted by molar-refractivity contribution is 5.77. The molecule has 36 heavy (non-hydrogen) atoms. The number of pyridine rings is 1. The fourth-order valence-electron chi connectivity index (χ4n) is 4.49. The third-order valence-electron chi connectivity index (χ3n) is 6.50. The minimum Gasteiger partial charge on any atom is -0.481 e. The largest absolute Gasteiger partial charge is 0.481 e. The maximum absolute atomic E-state index is 13.9. The number of likely N-dealkylation sites (N-methyl/N-ethyl adjacent to an activating group) is 1. The van der Waals surface area contributed by atoms with Crippen molar-refractivity contribution in [3.8, 4) is 0 Å². The van der Waals surface area contributed by atoms with Gasteiger partial charge in [0, 0.05) is 46.6 Å². The lowest BCUT2D eigenvalue weighted by Gasteiger charge is -2.34. The van der Waals surface area contributed by atoms with Gasteiger partial charge >= 0.3 is 6.03 Å². The predicted octanol–water partition coefficient (Wildman–Crippen LogP) is 2.30. The number of carbonyl (C=O) groups is 2. The Morgan fingerprint density at radius 1 is 1.25 bits per heavy atom. The molecule has 0 atom stereocenters. The first kappa shape index (κ1) is 27.4. The van der Waals surface area contributed by atoms with E-state index in [9.17, 15) is 13.6 Å². The summed E-state index contributed by atoms with van der Waals surface area (Å²) < 4.78 is 27.7. The second kappa shape index (κ2) is 11.3. The molecule has 0 unspecified atom stereocenters. The minimum absolute atomic E-state index is 0.00886. The molecule has 5 N–H and O–H groups in total. The summed E-state index contributed by atoms with van der Waals surface area (Å²) in [7, 11) is 1.68. The Hall–Kier alpha value is -3.15. The molecule has 1 saturated carbocycles. The summed E-state index contributed by atoms with van der Waals surface area (Å²) in [5, 5.41) is 8.84. The summed E-state index contributed by atoms with van der Waals surface area (Å²) in [4.78, 5) is 31.7. The zero-order valence-corrected chi connectivity index (χ0v) is 21.2. The van der Waals surface area contributed by atoms with E-state index in [0.29, 0.717) is 67.0 Å². The monoisotopic (exact) mass is 509 g/mol. The first-order valence-electron chi connectivity index (χ1n) is 12.2. The molecular weight excluding hydrogens is 472 g/mol. The summed E-state index contributed by atoms with van der Waals surface area (Å²) >= 11 is 0. The number of piperidine rings is 1. The summed E-state index contributed by atoms with van der Waals surface area (Å²) in [6, 6.07) is 3.53. The molecule has 0 spiro atoms. The van der Waals surface area contributed by atoms with Crippen LogP contribution in [-0.4, -0.2) is 89.1 Å². The number of carboxylic acid groups (broad SMARTS) is 1. The van der Waals surface area contributed by atoms with Crippen LogP contribution in [0, 0.1) is 12.8 Å². The Bertz CT molecular complexity index is 994. The van der Waals surface area contributed by atoms with Crippen molar-refractivity contribution in [1.82, 2.24) is 19.8 Å². The van der Waals surface area contributed by atoms with Gasteiger partial charge in [0.2, 0.25) is 0 Å². The first-order chi connectivity index (χ1) is 16.9. The third kappa shape index (κ3) is 7.19. The lowest BCUT2D eigenvalue weighted by atomic mass is 10.1. The van der Waals surface area contributed by atoms with Gasteiger partial charge in [0.25, 0.3) is 11.9 Å². The van der Waals surface area contributed by atoms with E-state index in [2.05, 4.69) is 4.98 Å². The van der Waals surface area contributed by atoms with Crippen LogP contribution < -0.4 is 16.5 Å². The van der Waals surface area contributed by atoms with E-state index in [1.165, 1.54) is 17.9 Å². The number of hydrazine groups is 1. The number of nitrogens with zero attached hydrogens (tertiary/aromatic N) is 5. The van der Waals surface area contributed by atoms with Gasteiger partial charge in [0.15, 0.2) is 0 Å². The zero-order valence-electron chi connectivity index (χ0n) is 21.2. The van der Waals surface area contributed by atoms with Crippen molar-refractivity contribution in [2.45, 2.75) is 45.5 Å². The Kier molecular flexibility index (Phi) is 8.59. The van der Waals surface area contributed by atoms with Crippen LogP contribution in [0.3, 0.4) is 0 Å². The van der Waals surface area contributed by atoms with Gasteiger partial charge in [0.05, 0.1) is 41.6 Å². The summed E-state index contributed by atoms with van der Waals surface area (Å²) in [5.74, 6) is 3.18. The van der Waals surface area contributed by atoms with Crippen LogP contribution in [0.1, 0.15) is 44.0 Å². The summed E-state index contributed by atoms with van der Waals surface area (Å²) in [5.41, 5.74) is 9.25.